The van der Waals surface area contributed by atoms with E-state index in [9.17, 15) is 22.8 Å². The molecule has 1 aliphatic carbocycles. The van der Waals surface area contributed by atoms with Gasteiger partial charge in [0.1, 0.15) is 5.57 Å². The first-order valence-corrected chi connectivity index (χ1v) is 7.93. The number of carbonyl (C=O) groups excluding carboxylic acids is 2. The molecular weight excluding hydrogens is 349 g/mol. The van der Waals surface area contributed by atoms with E-state index in [0.717, 1.165) is 0 Å². The van der Waals surface area contributed by atoms with E-state index in [1.54, 1.807) is 13.8 Å². The van der Waals surface area contributed by atoms with E-state index in [0.29, 0.717) is 31.9 Å². The van der Waals surface area contributed by atoms with Crippen LogP contribution in [-0.2, 0) is 14.3 Å². The van der Waals surface area contributed by atoms with Gasteiger partial charge in [-0.05, 0) is 38.3 Å². The van der Waals surface area contributed by atoms with Gasteiger partial charge in [-0.1, -0.05) is 0 Å². The molecule has 9 heteroatoms. The third kappa shape index (κ3) is 4.96. The van der Waals surface area contributed by atoms with E-state index in [4.69, 9.17) is 22.1 Å². The predicted molar refractivity (Wildman–Crippen MR) is 82.2 cm³/mol. The fourth-order valence-electron chi connectivity index (χ4n) is 2.67. The van der Waals surface area contributed by atoms with E-state index in [1.807, 2.05) is 0 Å². The van der Waals surface area contributed by atoms with Gasteiger partial charge in [0.25, 0.3) is 11.0 Å². The molecule has 0 bridgehead atoms. The molecule has 3 N–H and O–H groups in total. The molecule has 1 fully saturated rings. The average Bonchev–Trinajstić information content (AvgIpc) is 2.48. The summed E-state index contributed by atoms with van der Waals surface area (Å²) in [6.45, 7) is 3.69. The van der Waals surface area contributed by atoms with Gasteiger partial charge in [0.2, 0.25) is 0 Å². The van der Waals surface area contributed by atoms with Crippen molar-refractivity contribution in [3.63, 3.8) is 0 Å². The van der Waals surface area contributed by atoms with Crippen LogP contribution in [0.15, 0.2) is 11.8 Å². The minimum atomic E-state index is -4.79. The lowest BCUT2D eigenvalue weighted by Gasteiger charge is -2.32. The highest BCUT2D eigenvalue weighted by Crippen LogP contribution is 2.36. The molecule has 0 unspecified atom stereocenters. The van der Waals surface area contributed by atoms with Crippen molar-refractivity contribution in [1.82, 2.24) is 0 Å². The van der Waals surface area contributed by atoms with Crippen LogP contribution < -0.4 is 10.7 Å². The van der Waals surface area contributed by atoms with Crippen molar-refractivity contribution in [2.24, 2.45) is 11.1 Å². The van der Waals surface area contributed by atoms with Crippen molar-refractivity contribution in [2.75, 3.05) is 6.61 Å². The number of allylic oxidation sites excluding steroid dienone is 1. The summed E-state index contributed by atoms with van der Waals surface area (Å²) in [5, 5.41) is -1.29. The van der Waals surface area contributed by atoms with Crippen LogP contribution in [0.3, 0.4) is 0 Å². The summed E-state index contributed by atoms with van der Waals surface area (Å²) >= 11 is 5.17. The van der Waals surface area contributed by atoms with Crippen molar-refractivity contribution >= 4 is 28.5 Å². The zero-order chi connectivity index (χ0) is 18.5. The first kappa shape index (κ1) is 20.5. The molecule has 0 aromatic heterocycles. The lowest BCUT2D eigenvalue weighted by atomic mass is 9.74. The Morgan fingerprint density at radius 3 is 2.29 bits per heavy atom. The molecule has 0 atom stereocenters. The number of halogens is 4. The number of alkyl halides is 3. The molecular formula is C15H21ClF3N2O3+. The van der Waals surface area contributed by atoms with Crippen LogP contribution in [-0.4, -0.2) is 35.7 Å². The number of hydrogen-bond donors (Lipinski definition) is 2. The molecule has 0 saturated heterocycles. The monoisotopic (exact) mass is 369 g/mol. The molecule has 0 aromatic rings. The van der Waals surface area contributed by atoms with Gasteiger partial charge in [-0.2, -0.15) is 13.2 Å². The van der Waals surface area contributed by atoms with Gasteiger partial charge in [-0.3, -0.25) is 9.59 Å². The van der Waals surface area contributed by atoms with Gasteiger partial charge < -0.3 is 10.5 Å². The van der Waals surface area contributed by atoms with Crippen LogP contribution in [0, 0.1) is 5.41 Å². The van der Waals surface area contributed by atoms with Gasteiger partial charge in [-0.25, -0.2) is 4.99 Å². The van der Waals surface area contributed by atoms with Gasteiger partial charge in [0.15, 0.2) is 6.04 Å². The molecule has 1 rings (SSSR count). The molecule has 1 aliphatic rings. The van der Waals surface area contributed by atoms with E-state index in [1.165, 1.54) is 0 Å². The van der Waals surface area contributed by atoms with Crippen molar-refractivity contribution < 1.29 is 32.5 Å². The summed E-state index contributed by atoms with van der Waals surface area (Å²) in [4.78, 5) is 25.4. The number of rotatable bonds is 5. The number of ether oxygens (including phenoxy) is 1. The normalized spacial score (nSPS) is 26.2. The Kier molecular flexibility index (Phi) is 6.83. The first-order chi connectivity index (χ1) is 11.0. The Morgan fingerprint density at radius 1 is 1.38 bits per heavy atom. The molecule has 136 valence electrons. The van der Waals surface area contributed by atoms with Crippen LogP contribution >= 0.6 is 11.6 Å². The smallest absolute Gasteiger partial charge is 0.466 e. The van der Waals surface area contributed by atoms with Crippen molar-refractivity contribution in [3.05, 3.63) is 11.8 Å². The number of nitrogens with two attached hydrogens (primary N) is 1. The maximum atomic E-state index is 13.2. The summed E-state index contributed by atoms with van der Waals surface area (Å²) < 4.78 is 44.5. The van der Waals surface area contributed by atoms with E-state index < -0.39 is 34.2 Å². The number of hydrogen-bond acceptors (Lipinski definition) is 4. The molecule has 1 saturated carbocycles. The summed E-state index contributed by atoms with van der Waals surface area (Å²) in [5.74, 6) is -0.345. The van der Waals surface area contributed by atoms with Gasteiger partial charge in [0.05, 0.1) is 12.0 Å². The maximum absolute atomic E-state index is 13.2. The van der Waals surface area contributed by atoms with Gasteiger partial charge >= 0.3 is 12.1 Å². The lowest BCUT2D eigenvalue weighted by molar-refractivity contribution is -0.515. The molecule has 0 aliphatic heterocycles. The topological polar surface area (TPSA) is 83.4 Å². The highest BCUT2D eigenvalue weighted by Gasteiger charge is 2.47. The summed E-state index contributed by atoms with van der Waals surface area (Å²) in [5.41, 5.74) is 2.32. The van der Waals surface area contributed by atoms with Crippen LogP contribution in [0.5, 0.6) is 0 Å². The highest BCUT2D eigenvalue weighted by molar-refractivity contribution is 6.70. The predicted octanol–water partition coefficient (Wildman–Crippen LogP) is 1.19. The highest BCUT2D eigenvalue weighted by atomic mass is 35.5. The number of esters is 1. The van der Waals surface area contributed by atoms with Crippen LogP contribution in [0.1, 0.15) is 39.5 Å². The fraction of sp³-hybridized carbons (Fsp3) is 0.667. The van der Waals surface area contributed by atoms with Crippen LogP contribution in [0.4, 0.5) is 13.2 Å². The first-order valence-electron chi connectivity index (χ1n) is 7.55. The minimum absolute atomic E-state index is 0.255. The Hall–Kier alpha value is -1.57. The largest absolute Gasteiger partial charge is 0.477 e. The van der Waals surface area contributed by atoms with Crippen molar-refractivity contribution in [3.8, 4) is 0 Å². The lowest BCUT2D eigenvalue weighted by Crippen LogP contribution is -2.83. The molecule has 0 radical (unpaired) electrons. The third-order valence-corrected chi connectivity index (χ3v) is 4.34. The molecule has 0 spiro atoms. The minimum Gasteiger partial charge on any atom is -0.466 e. The molecule has 24 heavy (non-hydrogen) atoms. The van der Waals surface area contributed by atoms with Crippen LogP contribution in [0.2, 0.25) is 0 Å². The summed E-state index contributed by atoms with van der Waals surface area (Å²) in [6, 6.07) is -0.546. The van der Waals surface area contributed by atoms with Crippen molar-refractivity contribution in [2.45, 2.75) is 51.7 Å². The van der Waals surface area contributed by atoms with E-state index >= 15 is 0 Å². The molecule has 0 aromatic carbocycles. The Balaban J connectivity index is 2.96. The van der Waals surface area contributed by atoms with Gasteiger partial charge in [-0.15, -0.1) is 0 Å². The Bertz CT molecular complexity index is 551. The zero-order valence-corrected chi connectivity index (χ0v) is 14.3. The van der Waals surface area contributed by atoms with Gasteiger partial charge in [0, 0.05) is 19.0 Å². The SMILES string of the molecule is CCOC(=O)C1(C)CCC([NH+]=C(C(=CN)C(=O)Cl)C(F)(F)F)CC1. The van der Waals surface area contributed by atoms with E-state index in [2.05, 4.69) is 4.99 Å². The second kappa shape index (κ2) is 8.00. The number of carbonyl (C=O) groups is 2. The standard InChI is InChI=1S/C15H20ClF3N2O3/c1-3-24-13(23)14(2)6-4-9(5-7-14)21-11(15(17,18)19)10(8-20)12(16)22/h8-9H,3-7,20H2,1-2H3/p+1. The fourth-order valence-corrected chi connectivity index (χ4v) is 2.83. The molecule has 0 amide bonds. The second-order valence-electron chi connectivity index (χ2n) is 5.93. The van der Waals surface area contributed by atoms with Crippen molar-refractivity contribution in [1.29, 1.82) is 0 Å². The van der Waals surface area contributed by atoms with Crippen LogP contribution in [0.25, 0.3) is 0 Å². The Labute approximate surface area is 143 Å². The molecule has 0 heterocycles. The Morgan fingerprint density at radius 2 is 1.92 bits per heavy atom. The number of nitrogens with one attached hydrogen (secondary N) is 1. The van der Waals surface area contributed by atoms with E-state index in [-0.39, 0.29) is 12.6 Å². The summed E-state index contributed by atoms with van der Waals surface area (Å²) in [6.07, 6.45) is -2.85. The quantitative estimate of drug-likeness (QED) is 0.330. The zero-order valence-electron chi connectivity index (χ0n) is 13.5. The average molecular weight is 370 g/mol. The maximum Gasteiger partial charge on any atom is 0.477 e. The third-order valence-electron chi connectivity index (χ3n) is 4.14. The molecule has 5 nitrogen and oxygen atoms in total. The second-order valence-corrected chi connectivity index (χ2v) is 6.27. The summed E-state index contributed by atoms with van der Waals surface area (Å²) in [7, 11) is 0.